The molecular formula is C21H28N2O3S. The first-order valence-electron chi connectivity index (χ1n) is 9.58. The third-order valence-electron chi connectivity index (χ3n) is 4.87. The second-order valence-corrected chi connectivity index (χ2v) is 7.70. The van der Waals surface area contributed by atoms with Gasteiger partial charge >= 0.3 is 0 Å². The third-order valence-corrected chi connectivity index (χ3v) is 5.85. The first-order chi connectivity index (χ1) is 13.3. The standard InChI is InChI=1S/C21H28N2O3S/c1-25-18-9-4-5-10-19(18)26-16-21(24)22-15-17(20-11-8-14-27-20)23-12-6-2-3-7-13-23/h4-5,8-11,14,17H,2-3,6-7,12-13,15-16H2,1H3,(H,22,24)/t17-/m1/s1. The zero-order valence-corrected chi connectivity index (χ0v) is 16.7. The summed E-state index contributed by atoms with van der Waals surface area (Å²) in [6, 6.07) is 11.8. The predicted octanol–water partition coefficient (Wildman–Crippen LogP) is 3.87. The monoisotopic (exact) mass is 388 g/mol. The van der Waals surface area contributed by atoms with E-state index in [1.54, 1.807) is 24.5 Å². The molecule has 1 aromatic heterocycles. The Morgan fingerprint density at radius 3 is 2.52 bits per heavy atom. The van der Waals surface area contributed by atoms with Crippen LogP contribution in [-0.4, -0.2) is 44.2 Å². The molecule has 146 valence electrons. The van der Waals surface area contributed by atoms with Gasteiger partial charge in [-0.25, -0.2) is 0 Å². The molecule has 1 aromatic carbocycles. The molecule has 1 aliphatic heterocycles. The molecule has 2 aromatic rings. The molecule has 0 spiro atoms. The van der Waals surface area contributed by atoms with Gasteiger partial charge in [-0.15, -0.1) is 11.3 Å². The van der Waals surface area contributed by atoms with Gasteiger partial charge in [-0.3, -0.25) is 9.69 Å². The molecule has 0 radical (unpaired) electrons. The second-order valence-electron chi connectivity index (χ2n) is 6.73. The van der Waals surface area contributed by atoms with Crippen molar-refractivity contribution >= 4 is 17.2 Å². The number of rotatable bonds is 8. The Kier molecular flexibility index (Phi) is 7.54. The minimum Gasteiger partial charge on any atom is -0.493 e. The maximum Gasteiger partial charge on any atom is 0.258 e. The minimum absolute atomic E-state index is 0.0163. The van der Waals surface area contributed by atoms with Crippen LogP contribution in [0.5, 0.6) is 11.5 Å². The van der Waals surface area contributed by atoms with Gasteiger partial charge in [0.15, 0.2) is 18.1 Å². The number of hydrogen-bond donors (Lipinski definition) is 1. The number of benzene rings is 1. The van der Waals surface area contributed by atoms with Gasteiger partial charge in [0.1, 0.15) is 0 Å². The molecule has 1 fully saturated rings. The summed E-state index contributed by atoms with van der Waals surface area (Å²) in [4.78, 5) is 16.2. The Balaban J connectivity index is 1.55. The van der Waals surface area contributed by atoms with Crippen molar-refractivity contribution in [3.8, 4) is 11.5 Å². The summed E-state index contributed by atoms with van der Waals surface area (Å²) in [5.74, 6) is 1.10. The molecule has 1 saturated heterocycles. The van der Waals surface area contributed by atoms with Crippen molar-refractivity contribution in [2.45, 2.75) is 31.7 Å². The number of likely N-dealkylation sites (tertiary alicyclic amines) is 1. The quantitative estimate of drug-likeness (QED) is 0.746. The van der Waals surface area contributed by atoms with Crippen molar-refractivity contribution in [2.75, 3.05) is 33.4 Å². The Hall–Kier alpha value is -2.05. The van der Waals surface area contributed by atoms with Gasteiger partial charge in [0.2, 0.25) is 0 Å². The molecular weight excluding hydrogens is 360 g/mol. The van der Waals surface area contributed by atoms with E-state index in [4.69, 9.17) is 9.47 Å². The first kappa shape index (κ1) is 19.7. The molecule has 1 atom stereocenters. The van der Waals surface area contributed by atoms with Crippen LogP contribution in [0.4, 0.5) is 0 Å². The molecule has 6 heteroatoms. The van der Waals surface area contributed by atoms with Crippen molar-refractivity contribution in [2.24, 2.45) is 0 Å². The van der Waals surface area contributed by atoms with Crippen molar-refractivity contribution in [1.29, 1.82) is 0 Å². The number of para-hydroxylation sites is 2. The zero-order chi connectivity index (χ0) is 18.9. The van der Waals surface area contributed by atoms with Gasteiger partial charge in [-0.05, 0) is 49.5 Å². The summed E-state index contributed by atoms with van der Waals surface area (Å²) in [6.07, 6.45) is 5.05. The highest BCUT2D eigenvalue weighted by molar-refractivity contribution is 7.10. The molecule has 0 saturated carbocycles. The van der Waals surface area contributed by atoms with Gasteiger partial charge in [-0.2, -0.15) is 0 Å². The van der Waals surface area contributed by atoms with Crippen molar-refractivity contribution in [1.82, 2.24) is 10.2 Å². The van der Waals surface area contributed by atoms with Crippen LogP contribution in [0.3, 0.4) is 0 Å². The van der Waals surface area contributed by atoms with E-state index < -0.39 is 0 Å². The summed E-state index contributed by atoms with van der Waals surface area (Å²) in [6.45, 7) is 2.78. The fraction of sp³-hybridized carbons (Fsp3) is 0.476. The normalized spacial score (nSPS) is 16.3. The molecule has 5 nitrogen and oxygen atoms in total. The van der Waals surface area contributed by atoms with E-state index in [2.05, 4.69) is 27.7 Å². The van der Waals surface area contributed by atoms with E-state index in [0.717, 1.165) is 13.1 Å². The number of thiophene rings is 1. The van der Waals surface area contributed by atoms with E-state index >= 15 is 0 Å². The van der Waals surface area contributed by atoms with Crippen LogP contribution < -0.4 is 14.8 Å². The number of nitrogens with one attached hydrogen (secondary N) is 1. The minimum atomic E-state index is -0.114. The van der Waals surface area contributed by atoms with Gasteiger partial charge in [0.05, 0.1) is 13.2 Å². The van der Waals surface area contributed by atoms with E-state index in [1.165, 1.54) is 30.6 Å². The fourth-order valence-corrected chi connectivity index (χ4v) is 4.30. The number of nitrogens with zero attached hydrogens (tertiary/aromatic N) is 1. The maximum absolute atomic E-state index is 12.3. The highest BCUT2D eigenvalue weighted by atomic mass is 32.1. The molecule has 1 aliphatic rings. The van der Waals surface area contributed by atoms with E-state index in [0.29, 0.717) is 18.0 Å². The Labute approximate surface area is 165 Å². The van der Waals surface area contributed by atoms with Crippen LogP contribution in [0.15, 0.2) is 41.8 Å². The van der Waals surface area contributed by atoms with Crippen LogP contribution >= 0.6 is 11.3 Å². The summed E-state index contributed by atoms with van der Waals surface area (Å²) >= 11 is 1.76. The van der Waals surface area contributed by atoms with E-state index in [-0.39, 0.29) is 18.6 Å². The SMILES string of the molecule is COc1ccccc1OCC(=O)NC[C@H](c1cccs1)N1CCCCCC1. The lowest BCUT2D eigenvalue weighted by atomic mass is 10.2. The molecule has 1 amide bonds. The average Bonchev–Trinajstić information content (AvgIpc) is 3.09. The summed E-state index contributed by atoms with van der Waals surface area (Å²) in [7, 11) is 1.59. The van der Waals surface area contributed by atoms with Crippen LogP contribution in [0.25, 0.3) is 0 Å². The lowest BCUT2D eigenvalue weighted by molar-refractivity contribution is -0.123. The van der Waals surface area contributed by atoms with Gasteiger partial charge in [-0.1, -0.05) is 31.0 Å². The Bertz CT molecular complexity index is 697. The average molecular weight is 389 g/mol. The number of amides is 1. The molecule has 27 heavy (non-hydrogen) atoms. The summed E-state index contributed by atoms with van der Waals surface area (Å²) in [5.41, 5.74) is 0. The second kappa shape index (κ2) is 10.3. The summed E-state index contributed by atoms with van der Waals surface area (Å²) < 4.78 is 10.9. The number of carbonyl (C=O) groups is 1. The van der Waals surface area contributed by atoms with E-state index in [1.807, 2.05) is 18.2 Å². The number of ether oxygens (including phenoxy) is 2. The highest BCUT2D eigenvalue weighted by Gasteiger charge is 2.23. The molecule has 1 N–H and O–H groups in total. The third kappa shape index (κ3) is 5.71. The van der Waals surface area contributed by atoms with Crippen molar-refractivity contribution in [3.63, 3.8) is 0 Å². The first-order valence-corrected chi connectivity index (χ1v) is 10.5. The van der Waals surface area contributed by atoms with Crippen LogP contribution in [0.1, 0.15) is 36.6 Å². The molecule has 2 heterocycles. The predicted molar refractivity (Wildman–Crippen MR) is 109 cm³/mol. The zero-order valence-electron chi connectivity index (χ0n) is 15.9. The van der Waals surface area contributed by atoms with E-state index in [9.17, 15) is 4.79 Å². The van der Waals surface area contributed by atoms with Crippen molar-refractivity contribution < 1.29 is 14.3 Å². The van der Waals surface area contributed by atoms with Gasteiger partial charge in [0.25, 0.3) is 5.91 Å². The topological polar surface area (TPSA) is 50.8 Å². The number of carbonyl (C=O) groups excluding carboxylic acids is 1. The van der Waals surface area contributed by atoms with Crippen LogP contribution in [0.2, 0.25) is 0 Å². The van der Waals surface area contributed by atoms with Crippen LogP contribution in [0, 0.1) is 0 Å². The number of methoxy groups -OCH3 is 1. The molecule has 0 bridgehead atoms. The molecule has 0 aliphatic carbocycles. The Morgan fingerprint density at radius 2 is 1.85 bits per heavy atom. The summed E-state index contributed by atoms with van der Waals surface area (Å²) in [5, 5.41) is 5.16. The lowest BCUT2D eigenvalue weighted by Crippen LogP contribution is -2.39. The molecule has 0 unspecified atom stereocenters. The molecule has 3 rings (SSSR count). The Morgan fingerprint density at radius 1 is 1.11 bits per heavy atom. The largest absolute Gasteiger partial charge is 0.493 e. The highest BCUT2D eigenvalue weighted by Crippen LogP contribution is 2.27. The van der Waals surface area contributed by atoms with Crippen molar-refractivity contribution in [3.05, 3.63) is 46.7 Å². The van der Waals surface area contributed by atoms with Gasteiger partial charge < -0.3 is 14.8 Å². The number of hydrogen-bond acceptors (Lipinski definition) is 5. The fourth-order valence-electron chi connectivity index (χ4n) is 3.44. The lowest BCUT2D eigenvalue weighted by Gasteiger charge is -2.30. The van der Waals surface area contributed by atoms with Gasteiger partial charge in [0, 0.05) is 11.4 Å². The smallest absolute Gasteiger partial charge is 0.258 e. The maximum atomic E-state index is 12.3. The van der Waals surface area contributed by atoms with Crippen LogP contribution in [-0.2, 0) is 4.79 Å².